The van der Waals surface area contributed by atoms with Crippen LogP contribution in [0.5, 0.6) is 5.75 Å². The summed E-state index contributed by atoms with van der Waals surface area (Å²) in [5, 5.41) is 12.1. The van der Waals surface area contributed by atoms with E-state index in [0.29, 0.717) is 31.7 Å². The fourth-order valence-electron chi connectivity index (χ4n) is 3.38. The third kappa shape index (κ3) is 4.28. The third-order valence-corrected chi connectivity index (χ3v) is 4.90. The molecule has 4 N–H and O–H groups in total. The van der Waals surface area contributed by atoms with Gasteiger partial charge in [0.05, 0.1) is 5.69 Å². The number of aromatic hydroxyl groups is 1. The van der Waals surface area contributed by atoms with Gasteiger partial charge >= 0.3 is 11.8 Å². The second-order valence-electron chi connectivity index (χ2n) is 6.82. The molecule has 2 atom stereocenters. The summed E-state index contributed by atoms with van der Waals surface area (Å²) >= 11 is 0. The van der Waals surface area contributed by atoms with Crippen molar-refractivity contribution in [3.05, 3.63) is 42.3 Å². The van der Waals surface area contributed by atoms with Gasteiger partial charge < -0.3 is 21.1 Å². The van der Waals surface area contributed by atoms with Crippen LogP contribution in [0.25, 0.3) is 0 Å². The number of allylic oxidation sites excluding steroid dienone is 2. The number of piperazine rings is 1. The van der Waals surface area contributed by atoms with E-state index in [2.05, 4.69) is 10.2 Å². The number of hydrogen-bond acceptors (Lipinski definition) is 5. The number of halogens is 1. The van der Waals surface area contributed by atoms with E-state index in [-0.39, 0.29) is 29.3 Å². The quantitative estimate of drug-likeness (QED) is 0.415. The van der Waals surface area contributed by atoms with Gasteiger partial charge in [0.25, 0.3) is 0 Å². The van der Waals surface area contributed by atoms with Crippen molar-refractivity contribution in [2.24, 2.45) is 0 Å². The molecule has 2 amide bonds. The number of nitrogen functional groups attached to an aromatic ring is 1. The number of hydrogen-bond donors (Lipinski definition) is 3. The maximum Gasteiger partial charge on any atom is 0.313 e. The molecule has 1 heterocycles. The fraction of sp³-hybridized carbons (Fsp3) is 0.368. The predicted octanol–water partition coefficient (Wildman–Crippen LogP) is 1.63. The molecule has 1 aliphatic heterocycles. The summed E-state index contributed by atoms with van der Waals surface area (Å²) in [5.74, 6) is -1.77. The van der Waals surface area contributed by atoms with E-state index in [4.69, 9.17) is 5.73 Å². The molecule has 1 unspecified atom stereocenters. The maximum absolute atomic E-state index is 13.1. The van der Waals surface area contributed by atoms with Crippen LogP contribution in [0.2, 0.25) is 0 Å². The zero-order valence-electron chi connectivity index (χ0n) is 15.1. The molecule has 0 saturated carbocycles. The monoisotopic (exact) mass is 374 g/mol. The summed E-state index contributed by atoms with van der Waals surface area (Å²) < 4.78 is 13.1. The number of nitrogens with two attached hydrogens (primary N) is 1. The molecule has 0 radical (unpaired) electrons. The molecule has 1 aliphatic carbocycles. The zero-order valence-corrected chi connectivity index (χ0v) is 15.1. The number of nitrogens with one attached hydrogen (secondary N) is 1. The third-order valence-electron chi connectivity index (χ3n) is 4.90. The molecule has 8 heteroatoms. The summed E-state index contributed by atoms with van der Waals surface area (Å²) in [6.07, 6.45) is 5.46. The smallest absolute Gasteiger partial charge is 0.313 e. The molecule has 1 aromatic carbocycles. The lowest BCUT2D eigenvalue weighted by Gasteiger charge is -2.42. The van der Waals surface area contributed by atoms with Gasteiger partial charge in [-0.2, -0.15) is 0 Å². The van der Waals surface area contributed by atoms with Gasteiger partial charge in [0, 0.05) is 43.5 Å². The van der Waals surface area contributed by atoms with Crippen molar-refractivity contribution in [2.45, 2.75) is 25.4 Å². The molecule has 27 heavy (non-hydrogen) atoms. The minimum Gasteiger partial charge on any atom is -0.506 e. The highest BCUT2D eigenvalue weighted by atomic mass is 19.1. The van der Waals surface area contributed by atoms with E-state index in [1.54, 1.807) is 6.08 Å². The number of benzene rings is 1. The van der Waals surface area contributed by atoms with Crippen LogP contribution >= 0.6 is 0 Å². The Hall–Kier alpha value is -2.87. The Bertz CT molecular complexity index is 808. The van der Waals surface area contributed by atoms with Crippen molar-refractivity contribution in [1.82, 2.24) is 9.80 Å². The Balaban J connectivity index is 1.58. The van der Waals surface area contributed by atoms with Gasteiger partial charge in [0.15, 0.2) is 0 Å². The molecule has 1 fully saturated rings. The van der Waals surface area contributed by atoms with E-state index >= 15 is 0 Å². The molecular weight excluding hydrogens is 351 g/mol. The average molecular weight is 374 g/mol. The molecule has 1 saturated heterocycles. The van der Waals surface area contributed by atoms with Crippen LogP contribution < -0.4 is 11.1 Å². The number of carbonyl (C=O) groups excluding carboxylic acids is 2. The number of amides is 2. The minimum absolute atomic E-state index is 0.107. The average Bonchev–Trinajstić information content (AvgIpc) is 2.64. The van der Waals surface area contributed by atoms with Crippen molar-refractivity contribution < 1.29 is 19.1 Å². The Morgan fingerprint density at radius 2 is 2.11 bits per heavy atom. The first-order valence-electron chi connectivity index (χ1n) is 8.83. The molecule has 2 aliphatic rings. The van der Waals surface area contributed by atoms with Crippen LogP contribution in [0, 0.1) is 0 Å². The number of phenolic OH excluding ortho intramolecular Hbond substituents is 1. The zero-order chi connectivity index (χ0) is 19.6. The van der Waals surface area contributed by atoms with Gasteiger partial charge in [-0.05, 0) is 37.6 Å². The van der Waals surface area contributed by atoms with Crippen molar-refractivity contribution in [3.8, 4) is 5.75 Å². The Morgan fingerprint density at radius 1 is 1.33 bits per heavy atom. The Kier molecular flexibility index (Phi) is 5.46. The van der Waals surface area contributed by atoms with Gasteiger partial charge in [-0.1, -0.05) is 6.08 Å². The molecule has 1 aromatic rings. The van der Waals surface area contributed by atoms with Crippen LogP contribution in [-0.2, 0) is 9.59 Å². The van der Waals surface area contributed by atoms with E-state index in [1.807, 2.05) is 13.0 Å². The lowest BCUT2D eigenvalue weighted by Crippen LogP contribution is -2.58. The maximum atomic E-state index is 13.1. The molecule has 0 aromatic heterocycles. The lowest BCUT2D eigenvalue weighted by atomic mass is 10.0. The predicted molar refractivity (Wildman–Crippen MR) is 101 cm³/mol. The first-order chi connectivity index (χ1) is 12.8. The van der Waals surface area contributed by atoms with Crippen LogP contribution in [0.4, 0.5) is 15.8 Å². The highest BCUT2D eigenvalue weighted by molar-refractivity contribution is 6.39. The SMILES string of the molecule is C[C@H]1CN(C2C=CC(F)=CC2)CCN1C(=O)C(=O)Nc1ccc(N)c(O)c1. The van der Waals surface area contributed by atoms with E-state index < -0.39 is 11.8 Å². The van der Waals surface area contributed by atoms with Crippen LogP contribution in [0.15, 0.2) is 42.3 Å². The van der Waals surface area contributed by atoms with Gasteiger partial charge in [-0.3, -0.25) is 14.5 Å². The first kappa shape index (κ1) is 18.9. The Morgan fingerprint density at radius 3 is 2.74 bits per heavy atom. The molecular formula is C19H23FN4O3. The number of carbonyl (C=O) groups is 2. The topological polar surface area (TPSA) is 98.9 Å². The van der Waals surface area contributed by atoms with E-state index in [9.17, 15) is 19.1 Å². The molecule has 0 bridgehead atoms. The number of anilines is 2. The molecule has 3 rings (SSSR count). The van der Waals surface area contributed by atoms with Crippen LogP contribution in [0.1, 0.15) is 13.3 Å². The first-order valence-corrected chi connectivity index (χ1v) is 8.83. The van der Waals surface area contributed by atoms with Gasteiger partial charge in [0.1, 0.15) is 11.6 Å². The largest absolute Gasteiger partial charge is 0.506 e. The van der Waals surface area contributed by atoms with Crippen molar-refractivity contribution in [1.29, 1.82) is 0 Å². The van der Waals surface area contributed by atoms with Gasteiger partial charge in [-0.25, -0.2) is 4.39 Å². The number of rotatable bonds is 2. The van der Waals surface area contributed by atoms with E-state index in [1.165, 1.54) is 29.2 Å². The minimum atomic E-state index is -0.762. The standard InChI is InChI=1S/C19H23FN4O3/c1-12-11-23(15-5-2-13(20)3-6-15)8-9-24(12)19(27)18(26)22-14-4-7-16(21)17(25)10-14/h2-5,7,10,12,15,25H,6,8-9,11,21H2,1H3,(H,22,26)/t12-,15?/m0/s1. The molecule has 7 nitrogen and oxygen atoms in total. The Labute approximate surface area is 156 Å². The summed E-state index contributed by atoms with van der Waals surface area (Å²) in [6.45, 7) is 3.51. The van der Waals surface area contributed by atoms with Crippen molar-refractivity contribution in [2.75, 3.05) is 30.7 Å². The van der Waals surface area contributed by atoms with E-state index in [0.717, 1.165) is 0 Å². The summed E-state index contributed by atoms with van der Waals surface area (Å²) in [6, 6.07) is 4.22. The van der Waals surface area contributed by atoms with Gasteiger partial charge in [-0.15, -0.1) is 0 Å². The fourth-order valence-corrected chi connectivity index (χ4v) is 3.38. The normalized spacial score (nSPS) is 23.0. The van der Waals surface area contributed by atoms with Crippen molar-refractivity contribution in [3.63, 3.8) is 0 Å². The highest BCUT2D eigenvalue weighted by Crippen LogP contribution is 2.24. The van der Waals surface area contributed by atoms with Crippen molar-refractivity contribution >= 4 is 23.2 Å². The number of nitrogens with zero attached hydrogens (tertiary/aromatic N) is 2. The summed E-state index contributed by atoms with van der Waals surface area (Å²) in [5.41, 5.74) is 6.01. The lowest BCUT2D eigenvalue weighted by molar-refractivity contribution is -0.146. The highest BCUT2D eigenvalue weighted by Gasteiger charge is 2.33. The summed E-state index contributed by atoms with van der Waals surface area (Å²) in [4.78, 5) is 28.5. The second kappa shape index (κ2) is 7.79. The number of phenols is 1. The van der Waals surface area contributed by atoms with Gasteiger partial charge in [0.2, 0.25) is 0 Å². The molecule has 0 spiro atoms. The summed E-state index contributed by atoms with van der Waals surface area (Å²) in [7, 11) is 0. The van der Waals surface area contributed by atoms with Crippen LogP contribution in [0.3, 0.4) is 0 Å². The second-order valence-corrected chi connectivity index (χ2v) is 6.82. The molecule has 144 valence electrons. The van der Waals surface area contributed by atoms with Crippen LogP contribution in [-0.4, -0.2) is 58.4 Å².